The third-order valence-electron chi connectivity index (χ3n) is 3.12. The second kappa shape index (κ2) is 9.52. The van der Waals surface area contributed by atoms with Crippen LogP contribution in [0.2, 0.25) is 0 Å². The summed E-state index contributed by atoms with van der Waals surface area (Å²) < 4.78 is 0.847. The van der Waals surface area contributed by atoms with Crippen LogP contribution in [0.4, 0.5) is 5.69 Å². The number of hydrogen-bond acceptors (Lipinski definition) is 3. The fraction of sp³-hybridized carbons (Fsp3) is 0.467. The van der Waals surface area contributed by atoms with E-state index in [1.807, 2.05) is 6.07 Å². The van der Waals surface area contributed by atoms with E-state index in [2.05, 4.69) is 45.3 Å². The van der Waals surface area contributed by atoms with Crippen molar-refractivity contribution < 1.29 is 9.59 Å². The van der Waals surface area contributed by atoms with Gasteiger partial charge in [0.2, 0.25) is 0 Å². The molecule has 0 unspecified atom stereocenters. The van der Waals surface area contributed by atoms with Crippen molar-refractivity contribution in [2.24, 2.45) is 0 Å². The molecule has 116 valence electrons. The van der Waals surface area contributed by atoms with Gasteiger partial charge in [0.1, 0.15) is 0 Å². The van der Waals surface area contributed by atoms with Crippen molar-refractivity contribution in [2.45, 2.75) is 20.3 Å². The number of amides is 2. The van der Waals surface area contributed by atoms with Crippen LogP contribution >= 0.6 is 15.9 Å². The molecule has 0 aliphatic heterocycles. The molecular weight excluding hydrogens is 334 g/mol. The summed E-state index contributed by atoms with van der Waals surface area (Å²) in [6.45, 7) is 7.62. The molecule has 5 nitrogen and oxygen atoms in total. The molecule has 0 heterocycles. The van der Waals surface area contributed by atoms with Crippen molar-refractivity contribution in [3.05, 3.63) is 28.7 Å². The van der Waals surface area contributed by atoms with Gasteiger partial charge in [-0.25, -0.2) is 0 Å². The van der Waals surface area contributed by atoms with E-state index in [0.717, 1.165) is 30.5 Å². The van der Waals surface area contributed by atoms with Gasteiger partial charge in [-0.2, -0.15) is 0 Å². The smallest absolute Gasteiger partial charge is 0.313 e. The van der Waals surface area contributed by atoms with Crippen molar-refractivity contribution >= 4 is 33.4 Å². The van der Waals surface area contributed by atoms with E-state index in [-0.39, 0.29) is 0 Å². The van der Waals surface area contributed by atoms with E-state index in [1.54, 1.807) is 18.2 Å². The number of nitrogens with zero attached hydrogens (tertiary/aromatic N) is 1. The van der Waals surface area contributed by atoms with Gasteiger partial charge in [0.25, 0.3) is 0 Å². The number of nitrogens with one attached hydrogen (secondary N) is 2. The predicted octanol–water partition coefficient (Wildman–Crippen LogP) is 2.24. The summed E-state index contributed by atoms with van der Waals surface area (Å²) in [6.07, 6.45) is 0.831. The van der Waals surface area contributed by atoms with Crippen LogP contribution in [0, 0.1) is 0 Å². The molecule has 0 saturated heterocycles. The fourth-order valence-corrected chi connectivity index (χ4v) is 2.28. The van der Waals surface area contributed by atoms with Crippen molar-refractivity contribution in [3.8, 4) is 0 Å². The minimum atomic E-state index is -0.643. The normalized spacial score (nSPS) is 10.5. The second-order valence-corrected chi connectivity index (χ2v) is 5.52. The summed E-state index contributed by atoms with van der Waals surface area (Å²) in [5.41, 5.74) is 0.590. The number of anilines is 1. The topological polar surface area (TPSA) is 61.4 Å². The molecule has 0 aliphatic carbocycles. The summed E-state index contributed by atoms with van der Waals surface area (Å²) in [7, 11) is 0. The number of hydrogen-bond donors (Lipinski definition) is 2. The summed E-state index contributed by atoms with van der Waals surface area (Å²) in [4.78, 5) is 25.7. The van der Waals surface area contributed by atoms with Crippen LogP contribution in [0.1, 0.15) is 20.3 Å². The van der Waals surface area contributed by atoms with Crippen LogP contribution in [0.25, 0.3) is 0 Å². The fourth-order valence-electron chi connectivity index (χ4n) is 1.88. The molecule has 0 saturated carbocycles. The maximum atomic E-state index is 11.7. The molecule has 1 aromatic rings. The highest BCUT2D eigenvalue weighted by Crippen LogP contribution is 2.15. The lowest BCUT2D eigenvalue weighted by Crippen LogP contribution is -2.37. The minimum absolute atomic E-state index is 0.501. The zero-order valence-corrected chi connectivity index (χ0v) is 14.1. The number of carbonyl (C=O) groups excluding carboxylic acids is 2. The van der Waals surface area contributed by atoms with E-state index < -0.39 is 11.8 Å². The molecule has 6 heteroatoms. The Hall–Kier alpha value is -1.40. The molecule has 21 heavy (non-hydrogen) atoms. The standard InChI is InChI=1S/C15H22BrN3O2/c1-3-19(4-2)10-6-9-17-14(20)15(21)18-13-8-5-7-12(16)11-13/h5,7-8,11H,3-4,6,9-10H2,1-2H3,(H,17,20)(H,18,21). The summed E-state index contributed by atoms with van der Waals surface area (Å²) in [6, 6.07) is 7.12. The Balaban J connectivity index is 2.30. The molecule has 0 aliphatic rings. The van der Waals surface area contributed by atoms with E-state index in [0.29, 0.717) is 12.2 Å². The van der Waals surface area contributed by atoms with Gasteiger partial charge in [0.05, 0.1) is 0 Å². The van der Waals surface area contributed by atoms with Gasteiger partial charge < -0.3 is 15.5 Å². The Morgan fingerprint density at radius 2 is 1.90 bits per heavy atom. The zero-order valence-electron chi connectivity index (χ0n) is 12.5. The van der Waals surface area contributed by atoms with E-state index in [1.165, 1.54) is 0 Å². The Labute approximate surface area is 134 Å². The molecule has 0 spiro atoms. The van der Waals surface area contributed by atoms with E-state index in [9.17, 15) is 9.59 Å². The van der Waals surface area contributed by atoms with Gasteiger partial charge in [0.15, 0.2) is 0 Å². The molecule has 2 N–H and O–H groups in total. The molecule has 0 fully saturated rings. The lowest BCUT2D eigenvalue weighted by atomic mass is 10.3. The summed E-state index contributed by atoms with van der Waals surface area (Å²) >= 11 is 3.31. The van der Waals surface area contributed by atoms with Crippen molar-refractivity contribution in [1.82, 2.24) is 10.2 Å². The average Bonchev–Trinajstić information content (AvgIpc) is 2.47. The maximum Gasteiger partial charge on any atom is 0.313 e. The first-order valence-electron chi connectivity index (χ1n) is 7.14. The highest BCUT2D eigenvalue weighted by atomic mass is 79.9. The Bertz CT molecular complexity index is 476. The Morgan fingerprint density at radius 3 is 2.52 bits per heavy atom. The average molecular weight is 356 g/mol. The van der Waals surface area contributed by atoms with Gasteiger partial charge in [-0.05, 0) is 44.3 Å². The van der Waals surface area contributed by atoms with Crippen LogP contribution in [-0.2, 0) is 9.59 Å². The molecule has 0 atom stereocenters. The molecule has 0 aromatic heterocycles. The first kappa shape index (κ1) is 17.7. The molecule has 0 radical (unpaired) electrons. The minimum Gasteiger partial charge on any atom is -0.348 e. The van der Waals surface area contributed by atoms with Crippen LogP contribution in [0.3, 0.4) is 0 Å². The third kappa shape index (κ3) is 6.73. The molecule has 2 amide bonds. The monoisotopic (exact) mass is 355 g/mol. The summed E-state index contributed by atoms with van der Waals surface area (Å²) in [5.74, 6) is -1.24. The summed E-state index contributed by atoms with van der Waals surface area (Å²) in [5, 5.41) is 5.19. The molecule has 0 bridgehead atoms. The first-order valence-corrected chi connectivity index (χ1v) is 7.93. The number of carbonyl (C=O) groups is 2. The molecule has 1 aromatic carbocycles. The van der Waals surface area contributed by atoms with E-state index >= 15 is 0 Å². The first-order chi connectivity index (χ1) is 10.1. The lowest BCUT2D eigenvalue weighted by molar-refractivity contribution is -0.136. The van der Waals surface area contributed by atoms with Gasteiger partial charge in [-0.1, -0.05) is 35.8 Å². The van der Waals surface area contributed by atoms with E-state index in [4.69, 9.17) is 0 Å². The Kier molecular flexibility index (Phi) is 8.00. The second-order valence-electron chi connectivity index (χ2n) is 4.60. The molecular formula is C15H22BrN3O2. The van der Waals surface area contributed by atoms with Crippen LogP contribution in [0.5, 0.6) is 0 Å². The largest absolute Gasteiger partial charge is 0.348 e. The zero-order chi connectivity index (χ0) is 15.7. The molecule has 1 rings (SSSR count). The SMILES string of the molecule is CCN(CC)CCCNC(=O)C(=O)Nc1cccc(Br)c1. The Morgan fingerprint density at radius 1 is 1.19 bits per heavy atom. The number of halogens is 1. The number of rotatable bonds is 7. The van der Waals surface area contributed by atoms with Crippen LogP contribution < -0.4 is 10.6 Å². The highest BCUT2D eigenvalue weighted by molar-refractivity contribution is 9.10. The van der Waals surface area contributed by atoms with Gasteiger partial charge in [0, 0.05) is 16.7 Å². The lowest BCUT2D eigenvalue weighted by Gasteiger charge is -2.17. The predicted molar refractivity (Wildman–Crippen MR) is 88.2 cm³/mol. The number of benzene rings is 1. The van der Waals surface area contributed by atoms with Gasteiger partial charge >= 0.3 is 11.8 Å². The van der Waals surface area contributed by atoms with Crippen LogP contribution in [-0.4, -0.2) is 42.9 Å². The van der Waals surface area contributed by atoms with Gasteiger partial charge in [-0.3, -0.25) is 9.59 Å². The van der Waals surface area contributed by atoms with Crippen LogP contribution in [0.15, 0.2) is 28.7 Å². The van der Waals surface area contributed by atoms with Crippen molar-refractivity contribution in [2.75, 3.05) is 31.5 Å². The van der Waals surface area contributed by atoms with Crippen molar-refractivity contribution in [1.29, 1.82) is 0 Å². The quantitative estimate of drug-likeness (QED) is 0.582. The van der Waals surface area contributed by atoms with Crippen molar-refractivity contribution in [3.63, 3.8) is 0 Å². The maximum absolute atomic E-state index is 11.7. The third-order valence-corrected chi connectivity index (χ3v) is 3.61. The highest BCUT2D eigenvalue weighted by Gasteiger charge is 2.13. The van der Waals surface area contributed by atoms with Gasteiger partial charge in [-0.15, -0.1) is 0 Å².